The Kier molecular flexibility index (Phi) is 3.76. The van der Waals surface area contributed by atoms with Gasteiger partial charge in [0, 0.05) is 17.7 Å². The molecule has 0 unspecified atom stereocenters. The third kappa shape index (κ3) is 2.88. The third-order valence-electron chi connectivity index (χ3n) is 2.26. The van der Waals surface area contributed by atoms with E-state index in [1.807, 2.05) is 0 Å². The molecule has 0 aliphatic carbocycles. The van der Waals surface area contributed by atoms with E-state index in [9.17, 15) is 20.0 Å². The second-order valence-corrected chi connectivity index (χ2v) is 5.11. The van der Waals surface area contributed by atoms with E-state index in [0.717, 1.165) is 11.1 Å². The Balaban J connectivity index is 2.27. The van der Waals surface area contributed by atoms with Crippen molar-refractivity contribution in [2.24, 2.45) is 5.10 Å². The van der Waals surface area contributed by atoms with Gasteiger partial charge in [0.2, 0.25) is 0 Å². The predicted molar refractivity (Wildman–Crippen MR) is 74.3 cm³/mol. The minimum atomic E-state index is -0.585. The number of rotatable bonds is 3. The van der Waals surface area contributed by atoms with Gasteiger partial charge in [0.15, 0.2) is 4.32 Å². The summed E-state index contributed by atoms with van der Waals surface area (Å²) in [5.74, 6) is -0.215. The normalized spacial score (nSPS) is 15.5. The van der Waals surface area contributed by atoms with E-state index in [1.54, 1.807) is 0 Å². The number of benzene rings is 1. The van der Waals surface area contributed by atoms with Gasteiger partial charge in [-0.25, -0.2) is 0 Å². The molecule has 98 valence electrons. The lowest BCUT2D eigenvalue weighted by Gasteiger charge is -2.06. The number of thioether (sulfide) groups is 1. The van der Waals surface area contributed by atoms with Crippen molar-refractivity contribution < 1.29 is 14.8 Å². The van der Waals surface area contributed by atoms with Gasteiger partial charge in [0.1, 0.15) is 5.75 Å². The minimum absolute atomic E-state index is 0.140. The largest absolute Gasteiger partial charge is 0.507 e. The monoisotopic (exact) mass is 297 g/mol. The summed E-state index contributed by atoms with van der Waals surface area (Å²) in [4.78, 5) is 21.4. The second kappa shape index (κ2) is 5.33. The van der Waals surface area contributed by atoms with Gasteiger partial charge < -0.3 is 5.11 Å². The van der Waals surface area contributed by atoms with Crippen LogP contribution in [-0.2, 0) is 4.79 Å². The highest BCUT2D eigenvalue weighted by Gasteiger charge is 2.26. The first-order chi connectivity index (χ1) is 8.99. The number of hydrogen-bond donors (Lipinski definition) is 1. The molecule has 1 aliphatic heterocycles. The number of non-ortho nitro benzene ring substituents is 1. The standard InChI is InChI=1S/C10H7N3O4S2/c14-8-2-1-7(13(16)17)3-6(8)4-11-12-9(15)5-19-10(12)18/h1-4,14H,5H2/b11-4-. The Morgan fingerprint density at radius 1 is 1.58 bits per heavy atom. The van der Waals surface area contributed by atoms with Crippen molar-refractivity contribution in [3.8, 4) is 5.75 Å². The number of aromatic hydroxyl groups is 1. The third-order valence-corrected chi connectivity index (χ3v) is 3.60. The summed E-state index contributed by atoms with van der Waals surface area (Å²) in [6.07, 6.45) is 1.17. The number of thiocarbonyl (C=S) groups is 1. The molecule has 9 heteroatoms. The van der Waals surface area contributed by atoms with Crippen molar-refractivity contribution in [1.29, 1.82) is 0 Å². The highest BCUT2D eigenvalue weighted by atomic mass is 32.2. The number of carbonyl (C=O) groups is 1. The summed E-state index contributed by atoms with van der Waals surface area (Å²) in [6.45, 7) is 0. The van der Waals surface area contributed by atoms with E-state index in [-0.39, 0.29) is 28.7 Å². The first kappa shape index (κ1) is 13.4. The number of phenolic OH excluding ortho intramolecular Hbond substituents is 1. The lowest BCUT2D eigenvalue weighted by Crippen LogP contribution is -2.22. The van der Waals surface area contributed by atoms with Crippen molar-refractivity contribution in [2.75, 3.05) is 5.75 Å². The van der Waals surface area contributed by atoms with Crippen LogP contribution < -0.4 is 0 Å². The van der Waals surface area contributed by atoms with Crippen LogP contribution in [-0.4, -0.2) is 37.2 Å². The van der Waals surface area contributed by atoms with Crippen LogP contribution in [0.1, 0.15) is 5.56 Å². The van der Waals surface area contributed by atoms with Gasteiger partial charge in [0.25, 0.3) is 11.6 Å². The summed E-state index contributed by atoms with van der Waals surface area (Å²) in [5, 5.41) is 25.0. The van der Waals surface area contributed by atoms with E-state index >= 15 is 0 Å². The molecule has 1 aliphatic rings. The molecule has 2 rings (SSSR count). The Bertz CT molecular complexity index is 586. The Labute approximate surface area is 117 Å². The Hall–Kier alpha value is -2.00. The van der Waals surface area contributed by atoms with Crippen LogP contribution in [0.2, 0.25) is 0 Å². The molecule has 0 bridgehead atoms. The number of hydrogen-bond acceptors (Lipinski definition) is 7. The highest BCUT2D eigenvalue weighted by molar-refractivity contribution is 8.23. The van der Waals surface area contributed by atoms with Gasteiger partial charge >= 0.3 is 0 Å². The molecule has 0 radical (unpaired) electrons. The fourth-order valence-corrected chi connectivity index (χ4v) is 2.30. The molecule has 1 amide bonds. The highest BCUT2D eigenvalue weighted by Crippen LogP contribution is 2.23. The Morgan fingerprint density at radius 3 is 2.89 bits per heavy atom. The molecule has 7 nitrogen and oxygen atoms in total. The van der Waals surface area contributed by atoms with Crippen LogP contribution in [0, 0.1) is 10.1 Å². The average Bonchev–Trinajstić information content (AvgIpc) is 2.68. The maximum atomic E-state index is 11.4. The van der Waals surface area contributed by atoms with Crippen molar-refractivity contribution in [3.05, 3.63) is 33.9 Å². The number of nitro groups is 1. The molecule has 0 saturated carbocycles. The van der Waals surface area contributed by atoms with Gasteiger partial charge in [-0.3, -0.25) is 14.9 Å². The van der Waals surface area contributed by atoms with Crippen molar-refractivity contribution in [3.63, 3.8) is 0 Å². The SMILES string of the molecule is O=C1CSC(=S)N1/N=C\c1cc([N+](=O)[O-])ccc1O. The molecule has 0 spiro atoms. The fourth-order valence-electron chi connectivity index (χ4n) is 1.34. The summed E-state index contributed by atoms with van der Waals surface area (Å²) in [6, 6.07) is 3.53. The van der Waals surface area contributed by atoms with Gasteiger partial charge in [-0.05, 0) is 6.07 Å². The number of carbonyl (C=O) groups excluding carboxylic acids is 1. The minimum Gasteiger partial charge on any atom is -0.507 e. The van der Waals surface area contributed by atoms with Crippen LogP contribution in [0.4, 0.5) is 5.69 Å². The number of phenols is 1. The summed E-state index contributed by atoms with van der Waals surface area (Å²) in [5.41, 5.74) is -0.0364. The first-order valence-electron chi connectivity index (χ1n) is 5.00. The lowest BCUT2D eigenvalue weighted by atomic mass is 10.2. The van der Waals surface area contributed by atoms with Crippen LogP contribution >= 0.6 is 24.0 Å². The molecular formula is C10H7N3O4S2. The van der Waals surface area contributed by atoms with Gasteiger partial charge in [-0.1, -0.05) is 24.0 Å². The van der Waals surface area contributed by atoms with Crippen LogP contribution in [0.25, 0.3) is 0 Å². The molecular weight excluding hydrogens is 290 g/mol. The molecule has 1 heterocycles. The summed E-state index contributed by atoms with van der Waals surface area (Å²) < 4.78 is 0.311. The summed E-state index contributed by atoms with van der Waals surface area (Å²) >= 11 is 6.10. The predicted octanol–water partition coefficient (Wildman–Crippen LogP) is 1.49. The van der Waals surface area contributed by atoms with E-state index in [2.05, 4.69) is 5.10 Å². The molecule has 1 N–H and O–H groups in total. The van der Waals surface area contributed by atoms with Gasteiger partial charge in [-0.2, -0.15) is 10.1 Å². The smallest absolute Gasteiger partial charge is 0.270 e. The van der Waals surface area contributed by atoms with E-state index in [1.165, 1.54) is 30.1 Å². The zero-order valence-electron chi connectivity index (χ0n) is 9.35. The Morgan fingerprint density at radius 2 is 2.32 bits per heavy atom. The maximum Gasteiger partial charge on any atom is 0.270 e. The summed E-state index contributed by atoms with van der Waals surface area (Å²) in [7, 11) is 0. The van der Waals surface area contributed by atoms with E-state index < -0.39 is 4.92 Å². The quantitative estimate of drug-likeness (QED) is 0.393. The number of nitro benzene ring substituents is 1. The molecule has 0 atom stereocenters. The van der Waals surface area contributed by atoms with Crippen LogP contribution in [0.5, 0.6) is 5.75 Å². The van der Waals surface area contributed by atoms with Crippen molar-refractivity contribution in [2.45, 2.75) is 0 Å². The topological polar surface area (TPSA) is 96.0 Å². The van der Waals surface area contributed by atoms with Crippen molar-refractivity contribution in [1.82, 2.24) is 5.01 Å². The van der Waals surface area contributed by atoms with E-state index in [4.69, 9.17) is 12.2 Å². The number of amides is 1. The van der Waals surface area contributed by atoms with Gasteiger partial charge in [0.05, 0.1) is 16.9 Å². The fraction of sp³-hybridized carbons (Fsp3) is 0.100. The average molecular weight is 297 g/mol. The molecule has 1 aromatic carbocycles. The van der Waals surface area contributed by atoms with Crippen molar-refractivity contribution >= 4 is 46.1 Å². The zero-order chi connectivity index (χ0) is 14.0. The van der Waals surface area contributed by atoms with E-state index in [0.29, 0.717) is 4.32 Å². The molecule has 19 heavy (non-hydrogen) atoms. The maximum absolute atomic E-state index is 11.4. The second-order valence-electron chi connectivity index (χ2n) is 3.50. The van der Waals surface area contributed by atoms with Gasteiger partial charge in [-0.15, -0.1) is 0 Å². The van der Waals surface area contributed by atoms with Crippen LogP contribution in [0.15, 0.2) is 23.3 Å². The zero-order valence-corrected chi connectivity index (χ0v) is 11.0. The first-order valence-corrected chi connectivity index (χ1v) is 6.39. The molecule has 1 saturated heterocycles. The number of hydrazone groups is 1. The molecule has 0 aromatic heterocycles. The number of nitrogens with zero attached hydrogens (tertiary/aromatic N) is 3. The molecule has 1 aromatic rings. The van der Waals surface area contributed by atoms with Crippen LogP contribution in [0.3, 0.4) is 0 Å². The molecule has 1 fully saturated rings. The lowest BCUT2D eigenvalue weighted by molar-refractivity contribution is -0.384.